The Hall–Kier alpha value is -1.36. The number of amidine groups is 1. The first-order chi connectivity index (χ1) is 10.6. The fraction of sp³-hybridized carbons (Fsp3) is 0.222. The average molecular weight is 475 g/mol. The first-order valence-electron chi connectivity index (χ1n) is 5.79. The van der Waals surface area contributed by atoms with Crippen molar-refractivity contribution >= 4 is 54.2 Å². The van der Waals surface area contributed by atoms with Crippen LogP contribution in [0.15, 0.2) is 32.3 Å². The summed E-state index contributed by atoms with van der Waals surface area (Å²) in [5.74, 6) is 3.71. The number of primary sulfonamides is 1. The Balaban J connectivity index is 3.97. The molecule has 1 aromatic carbocycles. The summed E-state index contributed by atoms with van der Waals surface area (Å²) >= 11 is 1.68. The van der Waals surface area contributed by atoms with Crippen LogP contribution >= 0.6 is 22.9 Å². The summed E-state index contributed by atoms with van der Waals surface area (Å²) in [7, 11) is -8.54. The minimum absolute atomic E-state index is 0.110. The molecule has 0 aliphatic carbocycles. The maximum absolute atomic E-state index is 12.3. The van der Waals surface area contributed by atoms with Crippen molar-refractivity contribution in [1.29, 1.82) is 5.41 Å². The van der Waals surface area contributed by atoms with Crippen LogP contribution in [0.4, 0.5) is 5.69 Å². The van der Waals surface area contributed by atoms with Crippen LogP contribution in [0.25, 0.3) is 0 Å². The molecule has 14 heteroatoms. The van der Waals surface area contributed by atoms with Crippen LogP contribution in [0, 0.1) is 5.41 Å². The third-order valence-electron chi connectivity index (χ3n) is 2.62. The number of anilines is 1. The van der Waals surface area contributed by atoms with E-state index in [4.69, 9.17) is 22.1 Å². The molecule has 0 aliphatic rings. The molecule has 0 aromatic heterocycles. The largest absolute Gasteiger partial charge is 0.329 e. The summed E-state index contributed by atoms with van der Waals surface area (Å²) in [5.41, 5.74) is 5.00. The van der Waals surface area contributed by atoms with Crippen LogP contribution in [0.1, 0.15) is 5.56 Å². The van der Waals surface area contributed by atoms with Crippen molar-refractivity contribution in [2.24, 2.45) is 27.1 Å². The molecule has 128 valence electrons. The van der Waals surface area contributed by atoms with E-state index >= 15 is 0 Å². The minimum Gasteiger partial charge on any atom is -0.329 e. The van der Waals surface area contributed by atoms with Crippen LogP contribution in [0.5, 0.6) is 0 Å². The van der Waals surface area contributed by atoms with E-state index in [2.05, 4.69) is 13.9 Å². The Morgan fingerprint density at radius 1 is 1.30 bits per heavy atom. The molecule has 0 bridgehead atoms. The number of nitrogens with zero attached hydrogens (tertiary/aromatic N) is 2. The number of nitrogens with one attached hydrogen (secondary N) is 2. The van der Waals surface area contributed by atoms with Crippen LogP contribution in [-0.4, -0.2) is 35.0 Å². The SMILES string of the molecule is N=C(N=NN)c1c(NI)ccc(S(=O)(=O)CCN)c1S(N)(=O)=O. The number of benzene rings is 1. The van der Waals surface area contributed by atoms with Crippen molar-refractivity contribution in [3.63, 3.8) is 0 Å². The van der Waals surface area contributed by atoms with Gasteiger partial charge in [0, 0.05) is 6.54 Å². The summed E-state index contributed by atoms with van der Waals surface area (Å²) in [6.07, 6.45) is 0. The summed E-state index contributed by atoms with van der Waals surface area (Å²) < 4.78 is 51.0. The smallest absolute Gasteiger partial charge is 0.240 e. The predicted octanol–water partition coefficient (Wildman–Crippen LogP) is -0.520. The van der Waals surface area contributed by atoms with Crippen molar-refractivity contribution in [3.05, 3.63) is 17.7 Å². The monoisotopic (exact) mass is 475 g/mol. The average Bonchev–Trinajstić information content (AvgIpc) is 2.44. The molecule has 0 radical (unpaired) electrons. The highest BCUT2D eigenvalue weighted by Gasteiger charge is 2.30. The quantitative estimate of drug-likeness (QED) is 0.0691. The molecule has 0 amide bonds. The zero-order chi connectivity index (χ0) is 17.8. The van der Waals surface area contributed by atoms with Crippen molar-refractivity contribution in [2.45, 2.75) is 9.79 Å². The topological polar surface area (TPSA) is 207 Å². The molecule has 1 aromatic rings. The number of hydrogen-bond donors (Lipinski definition) is 5. The van der Waals surface area contributed by atoms with Gasteiger partial charge in [-0.05, 0) is 12.1 Å². The van der Waals surface area contributed by atoms with E-state index < -0.39 is 41.2 Å². The van der Waals surface area contributed by atoms with E-state index in [1.165, 1.54) is 6.07 Å². The van der Waals surface area contributed by atoms with Gasteiger partial charge < -0.3 is 15.1 Å². The van der Waals surface area contributed by atoms with Crippen molar-refractivity contribution in [3.8, 4) is 0 Å². The fourth-order valence-electron chi connectivity index (χ4n) is 1.78. The standard InChI is InChI=1S/C9H14IN7O4S2/c10-15-5-1-2-6(22(18,19)4-3-11)8(23(14,20)21)7(5)9(12)16-17-13/h1-2,15H,3-4,11H2,(H3,12,13,16)(H2,14,20,21). The van der Waals surface area contributed by atoms with Crippen LogP contribution in [-0.2, 0) is 19.9 Å². The van der Waals surface area contributed by atoms with Gasteiger partial charge in [-0.2, -0.15) is 0 Å². The molecule has 0 fully saturated rings. The molecule has 0 atom stereocenters. The van der Waals surface area contributed by atoms with Crippen molar-refractivity contribution in [2.75, 3.05) is 15.8 Å². The van der Waals surface area contributed by atoms with E-state index in [0.717, 1.165) is 6.07 Å². The molecule has 0 heterocycles. The fourth-order valence-corrected chi connectivity index (χ4v) is 4.99. The minimum atomic E-state index is -4.51. The van der Waals surface area contributed by atoms with Gasteiger partial charge in [0.25, 0.3) is 0 Å². The molecular formula is C9H14IN7O4S2. The molecular weight excluding hydrogens is 461 g/mol. The van der Waals surface area contributed by atoms with E-state index in [-0.39, 0.29) is 17.8 Å². The number of nitrogens with two attached hydrogens (primary N) is 3. The predicted molar refractivity (Wildman–Crippen MR) is 92.4 cm³/mol. The maximum atomic E-state index is 12.3. The van der Waals surface area contributed by atoms with Gasteiger partial charge in [0.1, 0.15) is 4.90 Å². The summed E-state index contributed by atoms with van der Waals surface area (Å²) in [6, 6.07) is 2.35. The Morgan fingerprint density at radius 3 is 2.35 bits per heavy atom. The molecule has 0 unspecified atom stereocenters. The van der Waals surface area contributed by atoms with E-state index in [1.807, 2.05) is 0 Å². The molecule has 11 nitrogen and oxygen atoms in total. The second-order valence-electron chi connectivity index (χ2n) is 4.13. The highest BCUT2D eigenvalue weighted by atomic mass is 127. The summed E-state index contributed by atoms with van der Waals surface area (Å²) in [4.78, 5) is -1.32. The summed E-state index contributed by atoms with van der Waals surface area (Å²) in [6.45, 7) is -0.214. The Kier molecular flexibility index (Phi) is 6.40. The van der Waals surface area contributed by atoms with Crippen molar-refractivity contribution < 1.29 is 16.8 Å². The number of rotatable bonds is 6. The van der Waals surface area contributed by atoms with E-state index in [0.29, 0.717) is 0 Å². The maximum Gasteiger partial charge on any atom is 0.240 e. The lowest BCUT2D eigenvalue weighted by Crippen LogP contribution is -2.24. The third-order valence-corrected chi connectivity index (χ3v) is 6.11. The molecule has 1 rings (SSSR count). The Labute approximate surface area is 146 Å². The van der Waals surface area contributed by atoms with Gasteiger partial charge in [0.15, 0.2) is 15.7 Å². The zero-order valence-electron chi connectivity index (χ0n) is 11.5. The molecule has 0 saturated heterocycles. The van der Waals surface area contributed by atoms with Gasteiger partial charge >= 0.3 is 0 Å². The van der Waals surface area contributed by atoms with Crippen LogP contribution in [0.2, 0.25) is 0 Å². The Bertz CT molecular complexity index is 851. The van der Waals surface area contributed by atoms with Gasteiger partial charge in [0.2, 0.25) is 10.0 Å². The number of halogens is 1. The highest BCUT2D eigenvalue weighted by Crippen LogP contribution is 2.32. The van der Waals surface area contributed by atoms with Gasteiger partial charge in [-0.3, -0.25) is 5.41 Å². The highest BCUT2D eigenvalue weighted by molar-refractivity contribution is 14.1. The number of hydrogen-bond acceptors (Lipinski definition) is 8. The summed E-state index contributed by atoms with van der Waals surface area (Å²) in [5, 5.41) is 19.1. The zero-order valence-corrected chi connectivity index (χ0v) is 15.3. The molecule has 0 saturated carbocycles. The van der Waals surface area contributed by atoms with Crippen LogP contribution < -0.4 is 20.2 Å². The second kappa shape index (κ2) is 7.47. The van der Waals surface area contributed by atoms with Gasteiger partial charge in [-0.15, -0.1) is 5.11 Å². The lowest BCUT2D eigenvalue weighted by Gasteiger charge is -2.15. The Morgan fingerprint density at radius 2 is 1.91 bits per heavy atom. The normalized spacial score (nSPS) is 12.5. The van der Waals surface area contributed by atoms with E-state index in [1.54, 1.807) is 22.9 Å². The van der Waals surface area contributed by atoms with Crippen molar-refractivity contribution in [1.82, 2.24) is 0 Å². The number of sulfonamides is 1. The number of sulfone groups is 1. The van der Waals surface area contributed by atoms with Gasteiger partial charge in [-0.1, -0.05) is 5.22 Å². The lowest BCUT2D eigenvalue weighted by atomic mass is 10.1. The second-order valence-corrected chi connectivity index (χ2v) is 8.24. The molecule has 8 N–H and O–H groups in total. The van der Waals surface area contributed by atoms with Crippen LogP contribution in [0.3, 0.4) is 0 Å². The molecule has 0 spiro atoms. The van der Waals surface area contributed by atoms with Gasteiger partial charge in [-0.25, -0.2) is 22.0 Å². The first-order valence-corrected chi connectivity index (χ1v) is 10.1. The third kappa shape index (κ3) is 4.34. The molecule has 0 aliphatic heterocycles. The molecule has 23 heavy (non-hydrogen) atoms. The lowest BCUT2D eigenvalue weighted by molar-refractivity contribution is 0.583. The first kappa shape index (κ1) is 19.7. The van der Waals surface area contributed by atoms with Gasteiger partial charge in [0.05, 0.1) is 44.8 Å². The van der Waals surface area contributed by atoms with E-state index in [9.17, 15) is 16.8 Å².